The molecule has 0 bridgehead atoms. The molecule has 1 amide bonds. The van der Waals surface area contributed by atoms with Crippen molar-refractivity contribution in [2.45, 2.75) is 6.67 Å². The third-order valence-electron chi connectivity index (χ3n) is 5.98. The molecule has 1 saturated heterocycles. The molecule has 8 nitrogen and oxygen atoms in total. The second kappa shape index (κ2) is 8.87. The highest BCUT2D eigenvalue weighted by Crippen LogP contribution is 2.38. The Balaban J connectivity index is 1.60. The summed E-state index contributed by atoms with van der Waals surface area (Å²) in [7, 11) is 6.10. The molecule has 2 heterocycles. The van der Waals surface area contributed by atoms with Crippen molar-refractivity contribution >= 4 is 28.2 Å². The van der Waals surface area contributed by atoms with Crippen molar-refractivity contribution in [1.82, 2.24) is 4.57 Å². The third-order valence-corrected chi connectivity index (χ3v) is 5.98. The molecular weight excluding hydrogens is 392 g/mol. The van der Waals surface area contributed by atoms with Gasteiger partial charge in [0.15, 0.2) is 12.4 Å². The second-order valence-corrected chi connectivity index (χ2v) is 8.43. The summed E-state index contributed by atoms with van der Waals surface area (Å²) in [4.78, 5) is 17.5. The number of piperazine rings is 1. The summed E-state index contributed by atoms with van der Waals surface area (Å²) in [6, 6.07) is 14.9. The van der Waals surface area contributed by atoms with E-state index in [1.807, 2.05) is 60.0 Å². The first kappa shape index (κ1) is 21.0. The number of anilines is 1. The second-order valence-electron chi connectivity index (χ2n) is 8.43. The summed E-state index contributed by atoms with van der Waals surface area (Å²) in [5.41, 5.74) is 2.70. The highest BCUT2D eigenvalue weighted by molar-refractivity contribution is 5.97. The molecule has 1 aromatic heterocycles. The Morgan fingerprint density at radius 1 is 1.06 bits per heavy atom. The van der Waals surface area contributed by atoms with E-state index >= 15 is 0 Å². The minimum atomic E-state index is -0.436. The fourth-order valence-electron chi connectivity index (χ4n) is 4.00. The predicted octanol–water partition coefficient (Wildman–Crippen LogP) is 0.708. The minimum absolute atomic E-state index is 0.0551. The number of hydrogen-bond donors (Lipinski definition) is 3. The van der Waals surface area contributed by atoms with Crippen LogP contribution in [-0.2, 0) is 6.67 Å². The smallest absolute Gasteiger partial charge is 0.295 e. The van der Waals surface area contributed by atoms with Gasteiger partial charge in [0.1, 0.15) is 26.2 Å². The van der Waals surface area contributed by atoms with E-state index in [1.54, 1.807) is 12.1 Å². The molecule has 0 atom stereocenters. The number of rotatable bonds is 5. The van der Waals surface area contributed by atoms with Crippen LogP contribution in [0.1, 0.15) is 10.4 Å². The van der Waals surface area contributed by atoms with Crippen molar-refractivity contribution in [2.24, 2.45) is 10.2 Å². The van der Waals surface area contributed by atoms with Gasteiger partial charge in [0, 0.05) is 30.7 Å². The lowest BCUT2D eigenvalue weighted by Crippen LogP contribution is -3.26. The summed E-state index contributed by atoms with van der Waals surface area (Å²) in [5, 5.41) is 19.8. The van der Waals surface area contributed by atoms with Crippen molar-refractivity contribution < 1.29 is 19.7 Å². The fraction of sp³-hybridized carbons (Fsp3) is 0.348. The number of benzene rings is 2. The first-order chi connectivity index (χ1) is 14.9. The molecule has 31 heavy (non-hydrogen) atoms. The molecule has 3 aromatic rings. The predicted molar refractivity (Wildman–Crippen MR) is 121 cm³/mol. The van der Waals surface area contributed by atoms with Crippen LogP contribution in [-0.4, -0.2) is 62.9 Å². The Labute approximate surface area is 182 Å². The van der Waals surface area contributed by atoms with Crippen LogP contribution in [0.3, 0.4) is 0 Å². The number of hydrogen-bond acceptors (Lipinski definition) is 4. The number of carbonyl (C=O) groups excluding carboxylic acids is 1. The van der Waals surface area contributed by atoms with E-state index in [4.69, 9.17) is 0 Å². The molecule has 1 aliphatic heterocycles. The Morgan fingerprint density at radius 3 is 2.42 bits per heavy atom. The van der Waals surface area contributed by atoms with Gasteiger partial charge in [-0.25, -0.2) is 0 Å². The van der Waals surface area contributed by atoms with Crippen molar-refractivity contribution in [3.63, 3.8) is 0 Å². The molecule has 3 N–H and O–H groups in total. The van der Waals surface area contributed by atoms with Crippen LogP contribution in [0.4, 0.5) is 11.4 Å². The Kier molecular flexibility index (Phi) is 6.01. The first-order valence-electron chi connectivity index (χ1n) is 10.6. The maximum absolute atomic E-state index is 12.5. The number of aromatic nitrogens is 1. The number of carbonyl (C=O) groups is 1. The Morgan fingerprint density at radius 2 is 1.74 bits per heavy atom. The summed E-state index contributed by atoms with van der Waals surface area (Å²) in [5.74, 6) is -0.381. The number of para-hydroxylation sites is 1. The van der Waals surface area contributed by atoms with Crippen molar-refractivity contribution in [2.75, 3.05) is 52.2 Å². The van der Waals surface area contributed by atoms with Gasteiger partial charge in [0.25, 0.3) is 5.91 Å². The number of likely N-dealkylation sites (N-methyl/N-ethyl adjacent to an activating group) is 1. The summed E-state index contributed by atoms with van der Waals surface area (Å²) < 4.78 is 1.88. The van der Waals surface area contributed by atoms with Gasteiger partial charge in [-0.2, -0.15) is 0 Å². The molecule has 0 saturated carbocycles. The SMILES string of the molecule is CN(C)c1ccc(C(=O)N=Nc2c(O)n(C[NH+]3CC[NH+](C)CC3)c3ccccc23)cc1. The van der Waals surface area contributed by atoms with E-state index in [1.165, 1.54) is 9.80 Å². The van der Waals surface area contributed by atoms with Gasteiger partial charge in [0.05, 0.1) is 12.6 Å². The summed E-state index contributed by atoms with van der Waals surface area (Å²) in [6.45, 7) is 4.99. The van der Waals surface area contributed by atoms with Crippen molar-refractivity contribution in [3.8, 4) is 5.88 Å². The Hall–Kier alpha value is -3.23. The van der Waals surface area contributed by atoms with Gasteiger partial charge in [-0.05, 0) is 30.3 Å². The summed E-state index contributed by atoms with van der Waals surface area (Å²) in [6.07, 6.45) is 0. The number of nitrogens with zero attached hydrogens (tertiary/aromatic N) is 4. The molecule has 2 aromatic carbocycles. The van der Waals surface area contributed by atoms with Crippen LogP contribution in [0.5, 0.6) is 5.88 Å². The topological polar surface area (TPSA) is 79.1 Å². The molecule has 0 spiro atoms. The van der Waals surface area contributed by atoms with Crippen LogP contribution in [0.15, 0.2) is 58.8 Å². The lowest BCUT2D eigenvalue weighted by Gasteiger charge is -2.27. The van der Waals surface area contributed by atoms with Gasteiger partial charge < -0.3 is 19.8 Å². The molecule has 0 unspecified atom stereocenters. The average molecular weight is 423 g/mol. The van der Waals surface area contributed by atoms with Gasteiger partial charge in [-0.1, -0.05) is 18.2 Å². The van der Waals surface area contributed by atoms with Gasteiger partial charge in [-0.3, -0.25) is 9.36 Å². The number of fused-ring (bicyclic) bond motifs is 1. The van der Waals surface area contributed by atoms with E-state index in [0.29, 0.717) is 17.9 Å². The lowest BCUT2D eigenvalue weighted by atomic mass is 10.2. The van der Waals surface area contributed by atoms with Gasteiger partial charge >= 0.3 is 0 Å². The van der Waals surface area contributed by atoms with Crippen LogP contribution < -0.4 is 14.7 Å². The van der Waals surface area contributed by atoms with Gasteiger partial charge in [-0.15, -0.1) is 10.2 Å². The number of quaternary nitrogens is 2. The molecule has 1 aliphatic rings. The number of amides is 1. The minimum Gasteiger partial charge on any atom is -0.493 e. The van der Waals surface area contributed by atoms with E-state index in [-0.39, 0.29) is 5.88 Å². The van der Waals surface area contributed by atoms with Crippen LogP contribution in [0.25, 0.3) is 10.9 Å². The maximum Gasteiger partial charge on any atom is 0.295 e. The highest BCUT2D eigenvalue weighted by Gasteiger charge is 2.24. The Bertz CT molecular complexity index is 1100. The molecule has 0 aliphatic carbocycles. The molecule has 162 valence electrons. The zero-order valence-electron chi connectivity index (χ0n) is 18.3. The van der Waals surface area contributed by atoms with Crippen molar-refractivity contribution in [1.29, 1.82) is 0 Å². The van der Waals surface area contributed by atoms with E-state index in [9.17, 15) is 9.90 Å². The zero-order valence-corrected chi connectivity index (χ0v) is 18.3. The van der Waals surface area contributed by atoms with E-state index in [2.05, 4.69) is 17.3 Å². The number of aromatic hydroxyl groups is 1. The molecule has 1 fully saturated rings. The largest absolute Gasteiger partial charge is 0.493 e. The van der Waals surface area contributed by atoms with Crippen LogP contribution >= 0.6 is 0 Å². The normalized spacial score (nSPS) is 19.2. The third kappa shape index (κ3) is 4.45. The molecular formula is C23H30N6O2+2. The quantitative estimate of drug-likeness (QED) is 0.530. The lowest BCUT2D eigenvalue weighted by molar-refractivity contribution is -1.01. The molecule has 8 heteroatoms. The molecule has 4 rings (SSSR count). The maximum atomic E-state index is 12.5. The standard InChI is InChI=1S/C23H28N6O2/c1-26(2)18-10-8-17(9-11-18)22(30)25-24-21-19-6-4-5-7-20(19)29(23(21)31)16-28-14-12-27(3)13-15-28/h4-11,31H,12-16H2,1-3H3/p+2. The van der Waals surface area contributed by atoms with Crippen LogP contribution in [0.2, 0.25) is 0 Å². The average Bonchev–Trinajstić information content (AvgIpc) is 3.04. The number of nitrogens with one attached hydrogen (secondary N) is 2. The van der Waals surface area contributed by atoms with E-state index in [0.717, 1.165) is 42.8 Å². The first-order valence-corrected chi connectivity index (χ1v) is 10.6. The highest BCUT2D eigenvalue weighted by atomic mass is 16.3. The zero-order chi connectivity index (χ0) is 22.0. The van der Waals surface area contributed by atoms with E-state index < -0.39 is 5.91 Å². The van der Waals surface area contributed by atoms with Crippen LogP contribution in [0, 0.1) is 0 Å². The summed E-state index contributed by atoms with van der Waals surface area (Å²) >= 11 is 0. The molecule has 0 radical (unpaired) electrons. The van der Waals surface area contributed by atoms with Crippen molar-refractivity contribution in [3.05, 3.63) is 54.1 Å². The van der Waals surface area contributed by atoms with Gasteiger partial charge in [0.2, 0.25) is 5.88 Å². The number of azo groups is 1. The fourth-order valence-corrected chi connectivity index (χ4v) is 4.00. The monoisotopic (exact) mass is 422 g/mol.